The topological polar surface area (TPSA) is 101 Å². The number of aromatic nitrogens is 4. The van der Waals surface area contributed by atoms with Gasteiger partial charge in [0.2, 0.25) is 16.0 Å². The second-order valence-electron chi connectivity index (χ2n) is 8.23. The largest absolute Gasteiger partial charge is 0.354 e. The summed E-state index contributed by atoms with van der Waals surface area (Å²) in [6, 6.07) is 11.3. The molecule has 3 heterocycles. The van der Waals surface area contributed by atoms with Gasteiger partial charge < -0.3 is 5.32 Å². The minimum Gasteiger partial charge on any atom is -0.354 e. The number of nitrogens with zero attached hydrogens (tertiary/aromatic N) is 4. The van der Waals surface area contributed by atoms with E-state index >= 15 is 0 Å². The molecule has 0 saturated heterocycles. The lowest BCUT2D eigenvalue weighted by Gasteiger charge is -2.09. The van der Waals surface area contributed by atoms with Gasteiger partial charge in [-0.25, -0.2) is 36.9 Å². The quantitative estimate of drug-likeness (QED) is 0.258. The van der Waals surface area contributed by atoms with Crippen LogP contribution in [0, 0.1) is 18.6 Å². The first-order valence-electron chi connectivity index (χ1n) is 11.4. The molecule has 190 valence electrons. The second kappa shape index (κ2) is 10.3. The molecule has 37 heavy (non-hydrogen) atoms. The molecule has 0 fully saturated rings. The Morgan fingerprint density at radius 1 is 1.03 bits per heavy atom. The van der Waals surface area contributed by atoms with Crippen molar-refractivity contribution in [3.05, 3.63) is 83.5 Å². The monoisotopic (exact) mass is 540 g/mol. The van der Waals surface area contributed by atoms with E-state index in [1.807, 2.05) is 16.0 Å². The number of thiazole rings is 1. The van der Waals surface area contributed by atoms with Crippen LogP contribution in [-0.4, -0.2) is 40.9 Å². The number of imidazole rings is 1. The van der Waals surface area contributed by atoms with Gasteiger partial charge in [-0.3, -0.25) is 4.40 Å². The highest BCUT2D eigenvalue weighted by molar-refractivity contribution is 7.89. The van der Waals surface area contributed by atoms with Crippen LogP contribution in [0.2, 0.25) is 0 Å². The van der Waals surface area contributed by atoms with Gasteiger partial charge in [0.25, 0.3) is 0 Å². The minimum atomic E-state index is -3.72. The van der Waals surface area contributed by atoms with Crippen LogP contribution in [0.3, 0.4) is 0 Å². The Morgan fingerprint density at radius 3 is 2.62 bits per heavy atom. The zero-order valence-electron chi connectivity index (χ0n) is 19.6. The van der Waals surface area contributed by atoms with Crippen molar-refractivity contribution in [3.63, 3.8) is 0 Å². The molecule has 5 rings (SSSR count). The lowest BCUT2D eigenvalue weighted by Crippen LogP contribution is -2.26. The summed E-state index contributed by atoms with van der Waals surface area (Å²) < 4.78 is 56.0. The van der Waals surface area contributed by atoms with Gasteiger partial charge in [0.1, 0.15) is 17.3 Å². The van der Waals surface area contributed by atoms with Crippen LogP contribution in [-0.2, 0) is 10.0 Å². The van der Waals surface area contributed by atoms with Gasteiger partial charge in [-0.05, 0) is 67.4 Å². The van der Waals surface area contributed by atoms with Crippen LogP contribution in [0.1, 0.15) is 12.0 Å². The number of halogens is 2. The van der Waals surface area contributed by atoms with Crippen LogP contribution in [0.15, 0.2) is 71.2 Å². The molecule has 8 nitrogen and oxygen atoms in total. The van der Waals surface area contributed by atoms with Gasteiger partial charge in [-0.2, -0.15) is 0 Å². The molecule has 0 amide bonds. The Bertz CT molecular complexity index is 1670. The molecule has 5 aromatic rings. The molecule has 3 aromatic heterocycles. The maximum atomic E-state index is 13.9. The first kappa shape index (κ1) is 24.9. The van der Waals surface area contributed by atoms with Gasteiger partial charge in [0.15, 0.2) is 4.96 Å². The Morgan fingerprint density at radius 2 is 1.84 bits per heavy atom. The fourth-order valence-corrected chi connectivity index (χ4v) is 5.58. The van der Waals surface area contributed by atoms with Crippen molar-refractivity contribution in [1.82, 2.24) is 24.1 Å². The number of sulfonamides is 1. The molecule has 0 spiro atoms. The SMILES string of the molecule is Cc1cc(-c2nc3sccn3c2-c2ccnc(NCCCNS(=O)(=O)c3ccc(F)cc3)n2)ccc1F. The number of fused-ring (bicyclic) bond motifs is 1. The van der Waals surface area contributed by atoms with Crippen molar-refractivity contribution in [1.29, 1.82) is 0 Å². The van der Waals surface area contributed by atoms with E-state index < -0.39 is 15.8 Å². The molecule has 2 N–H and O–H groups in total. The first-order valence-corrected chi connectivity index (χ1v) is 13.7. The van der Waals surface area contributed by atoms with Crippen LogP contribution in [0.4, 0.5) is 14.7 Å². The van der Waals surface area contributed by atoms with Crippen LogP contribution in [0.25, 0.3) is 27.6 Å². The lowest BCUT2D eigenvalue weighted by molar-refractivity contribution is 0.579. The lowest BCUT2D eigenvalue weighted by atomic mass is 10.1. The van der Waals surface area contributed by atoms with Gasteiger partial charge in [-0.15, -0.1) is 11.3 Å². The van der Waals surface area contributed by atoms with E-state index in [2.05, 4.69) is 20.0 Å². The third-order valence-electron chi connectivity index (χ3n) is 5.64. The summed E-state index contributed by atoms with van der Waals surface area (Å²) in [4.78, 5) is 14.5. The molecule has 0 atom stereocenters. The number of anilines is 1. The van der Waals surface area contributed by atoms with Gasteiger partial charge in [-0.1, -0.05) is 0 Å². The number of hydrogen-bond acceptors (Lipinski definition) is 7. The number of benzene rings is 2. The molecule has 0 aliphatic carbocycles. The highest BCUT2D eigenvalue weighted by atomic mass is 32.2. The number of hydrogen-bond donors (Lipinski definition) is 2. The van der Waals surface area contributed by atoms with E-state index in [0.717, 1.165) is 28.4 Å². The molecule has 0 aliphatic heterocycles. The minimum absolute atomic E-state index is 0.00518. The van der Waals surface area contributed by atoms with Crippen LogP contribution >= 0.6 is 11.3 Å². The Labute approximate surface area is 216 Å². The zero-order valence-corrected chi connectivity index (χ0v) is 21.3. The highest BCUT2D eigenvalue weighted by Crippen LogP contribution is 2.34. The Balaban J connectivity index is 1.29. The molecule has 12 heteroatoms. The van der Waals surface area contributed by atoms with Crippen molar-refractivity contribution < 1.29 is 17.2 Å². The molecular weight excluding hydrogens is 518 g/mol. The number of nitrogens with one attached hydrogen (secondary N) is 2. The van der Waals surface area contributed by atoms with E-state index in [9.17, 15) is 17.2 Å². The van der Waals surface area contributed by atoms with E-state index in [1.165, 1.54) is 29.5 Å². The molecule has 0 saturated carbocycles. The standard InChI is InChI=1S/C25H22F2N6O2S2/c1-16-15-17(3-8-20(16)27)22-23(33-13-14-36-25(33)32-22)21-9-12-29-24(31-21)28-10-2-11-30-37(34,35)19-6-4-18(26)5-7-19/h3-9,12-15,30H,2,10-11H2,1H3,(H,28,29,31). The van der Waals surface area contributed by atoms with Crippen molar-refractivity contribution in [2.24, 2.45) is 0 Å². The normalized spacial score (nSPS) is 11.8. The van der Waals surface area contributed by atoms with Crippen molar-refractivity contribution in [2.75, 3.05) is 18.4 Å². The third kappa shape index (κ3) is 5.36. The number of aryl methyl sites for hydroxylation is 1. The summed E-state index contributed by atoms with van der Waals surface area (Å²) in [5, 5.41) is 5.04. The zero-order chi connectivity index (χ0) is 26.0. The van der Waals surface area contributed by atoms with E-state index in [0.29, 0.717) is 35.9 Å². The van der Waals surface area contributed by atoms with E-state index in [1.54, 1.807) is 31.3 Å². The molecule has 0 bridgehead atoms. The Kier molecular flexibility index (Phi) is 6.96. The van der Waals surface area contributed by atoms with Crippen molar-refractivity contribution >= 4 is 32.3 Å². The molecule has 0 aliphatic rings. The molecular formula is C25H22F2N6O2S2. The van der Waals surface area contributed by atoms with Crippen LogP contribution < -0.4 is 10.0 Å². The Hall–Kier alpha value is -3.74. The third-order valence-corrected chi connectivity index (χ3v) is 7.88. The van der Waals surface area contributed by atoms with Gasteiger partial charge in [0.05, 0.1) is 16.3 Å². The fraction of sp³-hybridized carbons (Fsp3) is 0.160. The average molecular weight is 541 g/mol. The number of rotatable bonds is 9. The molecule has 2 aromatic carbocycles. The first-order chi connectivity index (χ1) is 17.8. The predicted octanol–water partition coefficient (Wildman–Crippen LogP) is 4.89. The van der Waals surface area contributed by atoms with Gasteiger partial charge >= 0.3 is 0 Å². The molecule has 0 unspecified atom stereocenters. The van der Waals surface area contributed by atoms with Crippen LogP contribution in [0.5, 0.6) is 0 Å². The maximum Gasteiger partial charge on any atom is 0.240 e. The summed E-state index contributed by atoms with van der Waals surface area (Å²) in [5.74, 6) is -0.397. The predicted molar refractivity (Wildman–Crippen MR) is 139 cm³/mol. The van der Waals surface area contributed by atoms with E-state index in [4.69, 9.17) is 4.98 Å². The van der Waals surface area contributed by atoms with Gasteiger partial charge in [0, 0.05) is 36.4 Å². The summed E-state index contributed by atoms with van der Waals surface area (Å²) in [5.41, 5.74) is 3.40. The van der Waals surface area contributed by atoms with E-state index in [-0.39, 0.29) is 17.3 Å². The fourth-order valence-electron chi connectivity index (χ4n) is 3.79. The second-order valence-corrected chi connectivity index (χ2v) is 10.9. The van der Waals surface area contributed by atoms with Crippen molar-refractivity contribution in [2.45, 2.75) is 18.2 Å². The summed E-state index contributed by atoms with van der Waals surface area (Å²) in [6.45, 7) is 2.31. The summed E-state index contributed by atoms with van der Waals surface area (Å²) in [7, 11) is -3.72. The average Bonchev–Trinajstić information content (AvgIpc) is 3.47. The highest BCUT2D eigenvalue weighted by Gasteiger charge is 2.19. The summed E-state index contributed by atoms with van der Waals surface area (Å²) >= 11 is 1.49. The van der Waals surface area contributed by atoms with Crippen molar-refractivity contribution in [3.8, 4) is 22.6 Å². The molecule has 0 radical (unpaired) electrons. The maximum absolute atomic E-state index is 13.9. The smallest absolute Gasteiger partial charge is 0.240 e. The summed E-state index contributed by atoms with van der Waals surface area (Å²) in [6.07, 6.45) is 4.01.